The van der Waals surface area contributed by atoms with Gasteiger partial charge in [0.2, 0.25) is 0 Å². The molecule has 0 aromatic heterocycles. The summed E-state index contributed by atoms with van der Waals surface area (Å²) < 4.78 is 0.855. The van der Waals surface area contributed by atoms with Crippen LogP contribution >= 0.6 is 0 Å². The van der Waals surface area contributed by atoms with E-state index in [9.17, 15) is 5.21 Å². The Kier molecular flexibility index (Phi) is 2.49. The summed E-state index contributed by atoms with van der Waals surface area (Å²) in [5.74, 6) is 0. The zero-order chi connectivity index (χ0) is 12.5. The van der Waals surface area contributed by atoms with Gasteiger partial charge in [0, 0.05) is 0 Å². The number of hydrogen-bond donors (Lipinski definition) is 0. The van der Waals surface area contributed by atoms with Gasteiger partial charge in [-0.25, -0.2) is 4.74 Å². The van der Waals surface area contributed by atoms with Crippen LogP contribution in [0.1, 0.15) is 5.56 Å². The first-order valence-corrected chi connectivity index (χ1v) is 5.91. The molecule has 0 bridgehead atoms. The average Bonchev–Trinajstić information content (AvgIpc) is 2.38. The lowest BCUT2D eigenvalue weighted by molar-refractivity contribution is -0.416. The minimum atomic E-state index is 0.855. The van der Waals surface area contributed by atoms with E-state index in [0.717, 1.165) is 31.8 Å². The number of hydrogen-bond acceptors (Lipinski definition) is 1. The van der Waals surface area contributed by atoms with Crippen LogP contribution in [0.5, 0.6) is 0 Å². The van der Waals surface area contributed by atoms with E-state index in [0.29, 0.717) is 0 Å². The quantitative estimate of drug-likeness (QED) is 0.208. The Bertz CT molecular complexity index is 701. The highest BCUT2D eigenvalue weighted by atomic mass is 16.5. The standard InChI is InChI=1S/C16H13NO/c1-17(18)11-16-14-8-4-2-6-12(14)10-13-7-3-5-9-15(13)16/h2-11H,1H3/b17-11-. The molecule has 0 unspecified atom stereocenters. The summed E-state index contributed by atoms with van der Waals surface area (Å²) in [6, 6.07) is 18.4. The molecule has 0 N–H and O–H groups in total. The Balaban J connectivity index is 2.53. The third-order valence-corrected chi connectivity index (χ3v) is 3.12. The Morgan fingerprint density at radius 2 is 1.39 bits per heavy atom. The van der Waals surface area contributed by atoms with E-state index in [2.05, 4.69) is 30.3 Å². The van der Waals surface area contributed by atoms with Crippen molar-refractivity contribution in [2.45, 2.75) is 0 Å². The van der Waals surface area contributed by atoms with Gasteiger partial charge >= 0.3 is 0 Å². The van der Waals surface area contributed by atoms with Gasteiger partial charge in [-0.05, 0) is 27.6 Å². The topological polar surface area (TPSA) is 26.1 Å². The third kappa shape index (κ3) is 1.72. The molecule has 0 aliphatic heterocycles. The maximum absolute atomic E-state index is 11.4. The molecular formula is C16H13NO. The van der Waals surface area contributed by atoms with Gasteiger partial charge in [-0.1, -0.05) is 48.5 Å². The lowest BCUT2D eigenvalue weighted by Gasteiger charge is -2.07. The lowest BCUT2D eigenvalue weighted by Crippen LogP contribution is -1.99. The number of nitrogens with zero attached hydrogens (tertiary/aromatic N) is 1. The van der Waals surface area contributed by atoms with Gasteiger partial charge in [0.25, 0.3) is 0 Å². The van der Waals surface area contributed by atoms with Crippen molar-refractivity contribution in [3.8, 4) is 0 Å². The van der Waals surface area contributed by atoms with Crippen LogP contribution in [0.4, 0.5) is 0 Å². The molecule has 88 valence electrons. The van der Waals surface area contributed by atoms with Crippen LogP contribution in [-0.4, -0.2) is 18.0 Å². The summed E-state index contributed by atoms with van der Waals surface area (Å²) in [6.07, 6.45) is 1.64. The van der Waals surface area contributed by atoms with Crippen LogP contribution in [0, 0.1) is 5.21 Å². The van der Waals surface area contributed by atoms with Crippen LogP contribution in [0.25, 0.3) is 21.5 Å². The maximum atomic E-state index is 11.4. The fourth-order valence-corrected chi connectivity index (χ4v) is 2.37. The largest absolute Gasteiger partial charge is 0.624 e. The van der Waals surface area contributed by atoms with E-state index in [1.54, 1.807) is 6.21 Å². The number of fused-ring (bicyclic) bond motifs is 2. The van der Waals surface area contributed by atoms with E-state index in [1.165, 1.54) is 7.05 Å². The Morgan fingerprint density at radius 1 is 0.889 bits per heavy atom. The van der Waals surface area contributed by atoms with Gasteiger partial charge in [0.15, 0.2) is 6.21 Å². The smallest absolute Gasteiger partial charge is 0.182 e. The number of hydroxylamine groups is 1. The average molecular weight is 235 g/mol. The molecular weight excluding hydrogens is 222 g/mol. The highest BCUT2D eigenvalue weighted by molar-refractivity contribution is 6.12. The van der Waals surface area contributed by atoms with Crippen molar-refractivity contribution in [3.63, 3.8) is 0 Å². The monoisotopic (exact) mass is 235 g/mol. The van der Waals surface area contributed by atoms with Crippen LogP contribution < -0.4 is 0 Å². The Labute approximate surface area is 105 Å². The normalized spacial score (nSPS) is 12.2. The zero-order valence-electron chi connectivity index (χ0n) is 10.1. The van der Waals surface area contributed by atoms with E-state index in [1.807, 2.05) is 24.3 Å². The fourth-order valence-electron chi connectivity index (χ4n) is 2.37. The summed E-state index contributed by atoms with van der Waals surface area (Å²) in [4.78, 5) is 0. The van der Waals surface area contributed by atoms with Crippen molar-refractivity contribution in [2.24, 2.45) is 0 Å². The molecule has 0 saturated heterocycles. The van der Waals surface area contributed by atoms with E-state index in [4.69, 9.17) is 0 Å². The molecule has 0 aliphatic carbocycles. The molecule has 3 aromatic carbocycles. The molecule has 0 saturated carbocycles. The summed E-state index contributed by atoms with van der Waals surface area (Å²) in [5.41, 5.74) is 0.987. The molecule has 0 spiro atoms. The molecule has 0 fully saturated rings. The van der Waals surface area contributed by atoms with E-state index in [-0.39, 0.29) is 0 Å². The minimum absolute atomic E-state index is 0.855. The molecule has 18 heavy (non-hydrogen) atoms. The second kappa shape index (κ2) is 4.15. The molecule has 0 heterocycles. The van der Waals surface area contributed by atoms with Crippen molar-refractivity contribution < 1.29 is 4.74 Å². The summed E-state index contributed by atoms with van der Waals surface area (Å²) >= 11 is 0. The van der Waals surface area contributed by atoms with Crippen molar-refractivity contribution in [2.75, 3.05) is 7.05 Å². The number of benzene rings is 3. The highest BCUT2D eigenvalue weighted by Gasteiger charge is 2.07. The summed E-state index contributed by atoms with van der Waals surface area (Å²) in [5, 5.41) is 15.9. The highest BCUT2D eigenvalue weighted by Crippen LogP contribution is 2.27. The fraction of sp³-hybridized carbons (Fsp3) is 0.0625. The molecule has 3 rings (SSSR count). The van der Waals surface area contributed by atoms with Gasteiger partial charge in [-0.3, -0.25) is 0 Å². The van der Waals surface area contributed by atoms with Crippen LogP contribution in [0.3, 0.4) is 0 Å². The SMILES string of the molecule is C/[N+]([O-])=C/c1c2ccccc2cc2ccccc12. The summed E-state index contributed by atoms with van der Waals surface area (Å²) in [6.45, 7) is 0. The van der Waals surface area contributed by atoms with E-state index >= 15 is 0 Å². The molecule has 0 radical (unpaired) electrons. The molecule has 0 aliphatic rings. The molecule has 3 aromatic rings. The first-order valence-electron chi connectivity index (χ1n) is 5.91. The van der Waals surface area contributed by atoms with Gasteiger partial charge in [0.1, 0.15) is 7.05 Å². The van der Waals surface area contributed by atoms with Crippen molar-refractivity contribution in [1.29, 1.82) is 0 Å². The van der Waals surface area contributed by atoms with Crippen LogP contribution in [0.2, 0.25) is 0 Å². The minimum Gasteiger partial charge on any atom is -0.624 e. The number of rotatable bonds is 1. The van der Waals surface area contributed by atoms with Gasteiger partial charge in [-0.2, -0.15) is 0 Å². The van der Waals surface area contributed by atoms with E-state index < -0.39 is 0 Å². The van der Waals surface area contributed by atoms with Gasteiger partial charge in [-0.15, -0.1) is 0 Å². The van der Waals surface area contributed by atoms with Gasteiger partial charge in [0.05, 0.1) is 5.56 Å². The van der Waals surface area contributed by atoms with Crippen molar-refractivity contribution in [3.05, 3.63) is 65.4 Å². The first-order chi connectivity index (χ1) is 8.75. The molecule has 0 atom stereocenters. The zero-order valence-corrected chi connectivity index (χ0v) is 10.1. The van der Waals surface area contributed by atoms with Gasteiger partial charge < -0.3 is 5.21 Å². The van der Waals surface area contributed by atoms with Crippen molar-refractivity contribution in [1.82, 2.24) is 0 Å². The van der Waals surface area contributed by atoms with Crippen LogP contribution in [0.15, 0.2) is 54.6 Å². The molecule has 0 amide bonds. The van der Waals surface area contributed by atoms with Crippen molar-refractivity contribution >= 4 is 27.8 Å². The second-order valence-electron chi connectivity index (χ2n) is 4.41. The Morgan fingerprint density at radius 3 is 1.89 bits per heavy atom. The second-order valence-corrected chi connectivity index (χ2v) is 4.41. The predicted molar refractivity (Wildman–Crippen MR) is 76.2 cm³/mol. The first kappa shape index (κ1) is 10.8. The molecule has 2 heteroatoms. The summed E-state index contributed by atoms with van der Waals surface area (Å²) in [7, 11) is 1.51. The Hall–Kier alpha value is -2.35. The molecule has 2 nitrogen and oxygen atoms in total. The third-order valence-electron chi connectivity index (χ3n) is 3.12. The van der Waals surface area contributed by atoms with Crippen LogP contribution in [-0.2, 0) is 0 Å². The maximum Gasteiger partial charge on any atom is 0.182 e. The predicted octanol–water partition coefficient (Wildman–Crippen LogP) is 3.55. The lowest BCUT2D eigenvalue weighted by atomic mass is 9.97.